The SMILES string of the molecule is CC1(c2nc(C3CC3)cc(=O)[nH]2)CCCO1. The lowest BCUT2D eigenvalue weighted by molar-refractivity contribution is 0.00895. The highest BCUT2D eigenvalue weighted by atomic mass is 16.5. The average Bonchev–Trinajstić information content (AvgIpc) is 3.01. The molecular formula is C12H16N2O2. The minimum Gasteiger partial charge on any atom is -0.367 e. The number of hydrogen-bond acceptors (Lipinski definition) is 3. The van der Waals surface area contributed by atoms with E-state index >= 15 is 0 Å². The van der Waals surface area contributed by atoms with E-state index in [9.17, 15) is 4.79 Å². The Balaban J connectivity index is 2.02. The van der Waals surface area contributed by atoms with Gasteiger partial charge in [0, 0.05) is 18.6 Å². The number of nitrogens with zero attached hydrogens (tertiary/aromatic N) is 1. The highest BCUT2D eigenvalue weighted by Crippen LogP contribution is 2.39. The van der Waals surface area contributed by atoms with Crippen LogP contribution in [0, 0.1) is 0 Å². The summed E-state index contributed by atoms with van der Waals surface area (Å²) in [6.45, 7) is 2.77. The van der Waals surface area contributed by atoms with Crippen molar-refractivity contribution >= 4 is 0 Å². The fourth-order valence-electron chi connectivity index (χ4n) is 2.28. The van der Waals surface area contributed by atoms with Gasteiger partial charge in [-0.2, -0.15) is 0 Å². The zero-order valence-electron chi connectivity index (χ0n) is 9.45. The van der Waals surface area contributed by atoms with Crippen molar-refractivity contribution in [2.45, 2.75) is 44.1 Å². The minimum atomic E-state index is -0.385. The second-order valence-electron chi connectivity index (χ2n) is 4.98. The number of H-pyrrole nitrogens is 1. The summed E-state index contributed by atoms with van der Waals surface area (Å²) in [4.78, 5) is 19.0. The van der Waals surface area contributed by atoms with Gasteiger partial charge in [-0.1, -0.05) is 0 Å². The molecule has 0 aromatic carbocycles. The fraction of sp³-hybridized carbons (Fsp3) is 0.667. The summed E-state index contributed by atoms with van der Waals surface area (Å²) in [6, 6.07) is 1.62. The molecule has 4 nitrogen and oxygen atoms in total. The Kier molecular flexibility index (Phi) is 2.14. The molecule has 0 radical (unpaired) electrons. The van der Waals surface area contributed by atoms with Gasteiger partial charge in [0.1, 0.15) is 11.4 Å². The Morgan fingerprint density at radius 1 is 1.56 bits per heavy atom. The van der Waals surface area contributed by atoms with Crippen molar-refractivity contribution < 1.29 is 4.74 Å². The summed E-state index contributed by atoms with van der Waals surface area (Å²) in [5.41, 5.74) is 0.503. The van der Waals surface area contributed by atoms with Crippen molar-refractivity contribution in [2.75, 3.05) is 6.61 Å². The van der Waals surface area contributed by atoms with Gasteiger partial charge in [-0.15, -0.1) is 0 Å². The first-order chi connectivity index (χ1) is 7.67. The first-order valence-corrected chi connectivity index (χ1v) is 5.93. The minimum absolute atomic E-state index is 0.0522. The number of rotatable bonds is 2. The lowest BCUT2D eigenvalue weighted by atomic mass is 10.0. The van der Waals surface area contributed by atoms with Crippen LogP contribution in [0.15, 0.2) is 10.9 Å². The van der Waals surface area contributed by atoms with Crippen LogP contribution in [0.4, 0.5) is 0 Å². The molecule has 1 saturated carbocycles. The maximum atomic E-state index is 11.6. The molecule has 1 saturated heterocycles. The van der Waals surface area contributed by atoms with E-state index in [0.29, 0.717) is 11.7 Å². The maximum Gasteiger partial charge on any atom is 0.251 e. The van der Waals surface area contributed by atoms with Gasteiger partial charge >= 0.3 is 0 Å². The number of nitrogens with one attached hydrogen (secondary N) is 1. The molecule has 0 amide bonds. The van der Waals surface area contributed by atoms with Gasteiger partial charge in [0.25, 0.3) is 5.56 Å². The van der Waals surface area contributed by atoms with Gasteiger partial charge in [0.15, 0.2) is 0 Å². The summed E-state index contributed by atoms with van der Waals surface area (Å²) in [5.74, 6) is 1.21. The maximum absolute atomic E-state index is 11.6. The zero-order valence-corrected chi connectivity index (χ0v) is 9.45. The fourth-order valence-corrected chi connectivity index (χ4v) is 2.28. The molecule has 1 aliphatic heterocycles. The monoisotopic (exact) mass is 220 g/mol. The Morgan fingerprint density at radius 2 is 2.38 bits per heavy atom. The quantitative estimate of drug-likeness (QED) is 0.824. The molecule has 1 atom stereocenters. The summed E-state index contributed by atoms with van der Waals surface area (Å²) in [6.07, 6.45) is 4.29. The highest BCUT2D eigenvalue weighted by Gasteiger charge is 2.35. The van der Waals surface area contributed by atoms with Gasteiger partial charge in [-0.25, -0.2) is 4.98 Å². The van der Waals surface area contributed by atoms with E-state index in [1.807, 2.05) is 6.92 Å². The molecule has 0 bridgehead atoms. The van der Waals surface area contributed by atoms with E-state index in [-0.39, 0.29) is 11.2 Å². The summed E-state index contributed by atoms with van der Waals surface area (Å²) in [7, 11) is 0. The summed E-state index contributed by atoms with van der Waals surface area (Å²) in [5, 5.41) is 0. The molecule has 16 heavy (non-hydrogen) atoms. The van der Waals surface area contributed by atoms with Gasteiger partial charge < -0.3 is 9.72 Å². The molecule has 1 unspecified atom stereocenters. The Bertz CT molecular complexity index is 456. The molecule has 1 aromatic rings. The Morgan fingerprint density at radius 3 is 3.00 bits per heavy atom. The number of aromatic amines is 1. The molecule has 2 fully saturated rings. The van der Waals surface area contributed by atoms with E-state index in [4.69, 9.17) is 4.74 Å². The van der Waals surface area contributed by atoms with Crippen molar-refractivity contribution in [2.24, 2.45) is 0 Å². The normalized spacial score (nSPS) is 29.6. The summed E-state index contributed by atoms with van der Waals surface area (Å²) < 4.78 is 5.70. The van der Waals surface area contributed by atoms with Crippen molar-refractivity contribution in [3.8, 4) is 0 Å². The third-order valence-electron chi connectivity index (χ3n) is 3.48. The number of ether oxygens (including phenoxy) is 1. The molecule has 1 aliphatic carbocycles. The topological polar surface area (TPSA) is 55.0 Å². The van der Waals surface area contributed by atoms with Gasteiger partial charge in [0.05, 0.1) is 5.69 Å². The van der Waals surface area contributed by atoms with E-state index < -0.39 is 0 Å². The van der Waals surface area contributed by atoms with Crippen LogP contribution in [0.2, 0.25) is 0 Å². The van der Waals surface area contributed by atoms with Crippen LogP contribution in [0.25, 0.3) is 0 Å². The molecule has 0 spiro atoms. The van der Waals surface area contributed by atoms with Crippen LogP contribution >= 0.6 is 0 Å². The van der Waals surface area contributed by atoms with Gasteiger partial charge in [-0.05, 0) is 32.6 Å². The summed E-state index contributed by atoms with van der Waals surface area (Å²) >= 11 is 0. The van der Waals surface area contributed by atoms with Crippen LogP contribution in [-0.2, 0) is 10.3 Å². The smallest absolute Gasteiger partial charge is 0.251 e. The van der Waals surface area contributed by atoms with E-state index in [0.717, 1.165) is 38.0 Å². The highest BCUT2D eigenvalue weighted by molar-refractivity contribution is 5.16. The zero-order chi connectivity index (χ0) is 11.2. The molecule has 2 heterocycles. The standard InChI is InChI=1S/C12H16N2O2/c1-12(5-2-6-16-12)11-13-9(8-3-4-8)7-10(15)14-11/h7-8H,2-6H2,1H3,(H,13,14,15). The number of hydrogen-bond donors (Lipinski definition) is 1. The first-order valence-electron chi connectivity index (χ1n) is 5.93. The van der Waals surface area contributed by atoms with Crippen LogP contribution in [0.5, 0.6) is 0 Å². The van der Waals surface area contributed by atoms with Crippen LogP contribution in [0.1, 0.15) is 50.0 Å². The first kappa shape index (κ1) is 10.0. The molecule has 3 rings (SSSR count). The third kappa shape index (κ3) is 1.67. The predicted octanol–water partition coefficient (Wildman–Crippen LogP) is 1.67. The van der Waals surface area contributed by atoms with Gasteiger partial charge in [0.2, 0.25) is 0 Å². The lowest BCUT2D eigenvalue weighted by Crippen LogP contribution is -2.27. The van der Waals surface area contributed by atoms with E-state index in [1.165, 1.54) is 0 Å². The average molecular weight is 220 g/mol. The molecule has 86 valence electrons. The van der Waals surface area contributed by atoms with Crippen LogP contribution in [-0.4, -0.2) is 16.6 Å². The second kappa shape index (κ2) is 3.42. The molecular weight excluding hydrogens is 204 g/mol. The van der Waals surface area contributed by atoms with Crippen molar-refractivity contribution in [1.82, 2.24) is 9.97 Å². The van der Waals surface area contributed by atoms with E-state index in [2.05, 4.69) is 9.97 Å². The van der Waals surface area contributed by atoms with Crippen molar-refractivity contribution in [3.05, 3.63) is 27.9 Å². The van der Waals surface area contributed by atoms with Crippen LogP contribution in [0.3, 0.4) is 0 Å². The number of aromatic nitrogens is 2. The predicted molar refractivity (Wildman–Crippen MR) is 59.4 cm³/mol. The van der Waals surface area contributed by atoms with Crippen molar-refractivity contribution in [1.29, 1.82) is 0 Å². The third-order valence-corrected chi connectivity index (χ3v) is 3.48. The largest absolute Gasteiger partial charge is 0.367 e. The van der Waals surface area contributed by atoms with E-state index in [1.54, 1.807) is 6.07 Å². The molecule has 1 aromatic heterocycles. The van der Waals surface area contributed by atoms with Gasteiger partial charge in [-0.3, -0.25) is 4.79 Å². The Labute approximate surface area is 94.1 Å². The van der Waals surface area contributed by atoms with Crippen molar-refractivity contribution in [3.63, 3.8) is 0 Å². The lowest BCUT2D eigenvalue weighted by Gasteiger charge is -2.22. The second-order valence-corrected chi connectivity index (χ2v) is 4.98. The molecule has 4 heteroatoms. The molecule has 2 aliphatic rings. The molecule has 1 N–H and O–H groups in total. The Hall–Kier alpha value is -1.16. The van der Waals surface area contributed by atoms with Crippen LogP contribution < -0.4 is 5.56 Å².